The van der Waals surface area contributed by atoms with Gasteiger partial charge < -0.3 is 15.2 Å². The van der Waals surface area contributed by atoms with Crippen molar-refractivity contribution in [2.24, 2.45) is 5.92 Å². The van der Waals surface area contributed by atoms with Crippen LogP contribution in [0.5, 0.6) is 0 Å². The van der Waals surface area contributed by atoms with Crippen LogP contribution in [0.25, 0.3) is 11.3 Å². The third-order valence-electron chi connectivity index (χ3n) is 6.08. The molecule has 0 radical (unpaired) electrons. The molecule has 2 aliphatic heterocycles. The summed E-state index contributed by atoms with van der Waals surface area (Å²) >= 11 is 0. The number of rotatable bonds is 4. The van der Waals surface area contributed by atoms with Crippen molar-refractivity contribution in [1.29, 1.82) is 0 Å². The van der Waals surface area contributed by atoms with Gasteiger partial charge in [-0.3, -0.25) is 14.7 Å². The van der Waals surface area contributed by atoms with Crippen LogP contribution in [0.15, 0.2) is 41.7 Å². The van der Waals surface area contributed by atoms with Crippen LogP contribution in [0, 0.1) is 5.92 Å². The molecule has 1 saturated heterocycles. The van der Waals surface area contributed by atoms with Crippen molar-refractivity contribution in [3.8, 4) is 11.3 Å². The van der Waals surface area contributed by atoms with Crippen LogP contribution in [0.1, 0.15) is 30.0 Å². The zero-order chi connectivity index (χ0) is 20.7. The molecule has 2 aliphatic rings. The van der Waals surface area contributed by atoms with Gasteiger partial charge in [0.05, 0.1) is 11.9 Å². The van der Waals surface area contributed by atoms with E-state index in [1.807, 2.05) is 21.7 Å². The van der Waals surface area contributed by atoms with E-state index in [0.717, 1.165) is 23.2 Å². The topological polar surface area (TPSA) is 123 Å². The Kier molecular flexibility index (Phi) is 4.57. The van der Waals surface area contributed by atoms with E-state index in [4.69, 9.17) is 5.73 Å². The SMILES string of the molecule is Nc1cc(-c2cc3n(c(=O)c2)C[C@H]2C[C@@H]3CN(C(=O)CCc3cn[nH]c3)C2)ncn1. The number of hydrogen-bond donors (Lipinski definition) is 2. The molecule has 9 nitrogen and oxygen atoms in total. The van der Waals surface area contributed by atoms with Crippen LogP contribution in [-0.2, 0) is 17.8 Å². The van der Waals surface area contributed by atoms with E-state index in [9.17, 15) is 9.59 Å². The van der Waals surface area contributed by atoms with Crippen LogP contribution < -0.4 is 11.3 Å². The number of piperidine rings is 1. The molecule has 1 amide bonds. The van der Waals surface area contributed by atoms with E-state index >= 15 is 0 Å². The highest BCUT2D eigenvalue weighted by atomic mass is 16.2. The zero-order valence-corrected chi connectivity index (χ0v) is 16.5. The summed E-state index contributed by atoms with van der Waals surface area (Å²) in [5, 5.41) is 6.71. The minimum absolute atomic E-state index is 0.0332. The minimum atomic E-state index is -0.0332. The van der Waals surface area contributed by atoms with Crippen LogP contribution in [0.2, 0.25) is 0 Å². The zero-order valence-electron chi connectivity index (χ0n) is 16.5. The number of H-pyrrole nitrogens is 1. The molecule has 0 unspecified atom stereocenters. The minimum Gasteiger partial charge on any atom is -0.384 e. The molecular formula is C21H23N7O2. The molecule has 30 heavy (non-hydrogen) atoms. The maximum Gasteiger partial charge on any atom is 0.251 e. The fraction of sp³-hybridized carbons (Fsp3) is 0.381. The number of likely N-dealkylation sites (tertiary alicyclic amines) is 1. The first kappa shape index (κ1) is 18.5. The smallest absolute Gasteiger partial charge is 0.251 e. The lowest BCUT2D eigenvalue weighted by Gasteiger charge is -2.43. The standard InChI is InChI=1S/C21H23N7O2/c22-19-6-17(23-12-24-19)15-4-18-16-3-14(10-28(18)21(30)5-15)9-27(11-16)20(29)2-1-13-7-25-26-8-13/h4-8,12,14,16H,1-3,9-11H2,(H,25,26)(H2,22,23,24)/t14-,16+/m0/s1. The Labute approximate surface area is 173 Å². The molecule has 0 aliphatic carbocycles. The summed E-state index contributed by atoms with van der Waals surface area (Å²) in [6, 6.07) is 5.30. The van der Waals surface area contributed by atoms with Gasteiger partial charge in [0, 0.05) is 61.6 Å². The first-order valence-corrected chi connectivity index (χ1v) is 10.1. The molecule has 154 valence electrons. The number of aromatic amines is 1. The fourth-order valence-electron chi connectivity index (χ4n) is 4.66. The first-order valence-electron chi connectivity index (χ1n) is 10.1. The van der Waals surface area contributed by atoms with Gasteiger partial charge in [0.15, 0.2) is 0 Å². The average molecular weight is 405 g/mol. The van der Waals surface area contributed by atoms with E-state index in [1.54, 1.807) is 18.3 Å². The highest BCUT2D eigenvalue weighted by molar-refractivity contribution is 5.76. The van der Waals surface area contributed by atoms with Crippen LogP contribution >= 0.6 is 0 Å². The van der Waals surface area contributed by atoms with Crippen molar-refractivity contribution < 1.29 is 4.79 Å². The monoisotopic (exact) mass is 405 g/mol. The Morgan fingerprint density at radius 1 is 1.20 bits per heavy atom. The summed E-state index contributed by atoms with van der Waals surface area (Å²) < 4.78 is 1.86. The average Bonchev–Trinajstić information content (AvgIpc) is 3.26. The third-order valence-corrected chi connectivity index (χ3v) is 6.08. The summed E-state index contributed by atoms with van der Waals surface area (Å²) in [6.45, 7) is 1.98. The second kappa shape index (κ2) is 7.40. The van der Waals surface area contributed by atoms with E-state index < -0.39 is 0 Å². The highest BCUT2D eigenvalue weighted by Crippen LogP contribution is 2.36. The van der Waals surface area contributed by atoms with E-state index in [2.05, 4.69) is 20.2 Å². The van der Waals surface area contributed by atoms with Crippen molar-refractivity contribution in [1.82, 2.24) is 29.6 Å². The van der Waals surface area contributed by atoms with Crippen LogP contribution in [-0.4, -0.2) is 48.6 Å². The summed E-state index contributed by atoms with van der Waals surface area (Å²) in [7, 11) is 0. The van der Waals surface area contributed by atoms with Gasteiger partial charge in [-0.05, 0) is 30.4 Å². The number of amides is 1. The Morgan fingerprint density at radius 2 is 2.10 bits per heavy atom. The molecule has 3 aromatic heterocycles. The number of pyridine rings is 1. The van der Waals surface area contributed by atoms with Crippen molar-refractivity contribution in [2.75, 3.05) is 18.8 Å². The summed E-state index contributed by atoms with van der Waals surface area (Å²) in [5.74, 6) is 0.959. The molecule has 3 aromatic rings. The maximum absolute atomic E-state index is 12.8. The Hall–Kier alpha value is -3.49. The number of nitrogen functional groups attached to an aromatic ring is 1. The second-order valence-electron chi connectivity index (χ2n) is 8.15. The number of fused-ring (bicyclic) bond motifs is 4. The molecule has 5 rings (SSSR count). The molecule has 2 bridgehead atoms. The van der Waals surface area contributed by atoms with Gasteiger partial charge in [-0.15, -0.1) is 0 Å². The second-order valence-corrected chi connectivity index (χ2v) is 8.15. The van der Waals surface area contributed by atoms with Crippen molar-refractivity contribution >= 4 is 11.7 Å². The predicted molar refractivity (Wildman–Crippen MR) is 110 cm³/mol. The number of carbonyl (C=O) groups excluding carboxylic acids is 1. The molecule has 5 heterocycles. The molecule has 0 aromatic carbocycles. The largest absolute Gasteiger partial charge is 0.384 e. The lowest BCUT2D eigenvalue weighted by Crippen LogP contribution is -2.49. The van der Waals surface area contributed by atoms with Gasteiger partial charge in [0.1, 0.15) is 12.1 Å². The normalized spacial score (nSPS) is 20.1. The highest BCUT2D eigenvalue weighted by Gasteiger charge is 2.36. The number of nitrogens with one attached hydrogen (secondary N) is 1. The fourth-order valence-corrected chi connectivity index (χ4v) is 4.66. The summed E-state index contributed by atoms with van der Waals surface area (Å²) in [5.41, 5.74) is 9.13. The lowest BCUT2D eigenvalue weighted by molar-refractivity contribution is -0.133. The van der Waals surface area contributed by atoms with Gasteiger partial charge in [-0.2, -0.15) is 5.10 Å². The number of hydrogen-bond acceptors (Lipinski definition) is 6. The maximum atomic E-state index is 12.8. The predicted octanol–water partition coefficient (Wildman–Crippen LogP) is 1.19. The molecule has 0 saturated carbocycles. The van der Waals surface area contributed by atoms with Crippen molar-refractivity contribution in [3.63, 3.8) is 0 Å². The van der Waals surface area contributed by atoms with E-state index in [0.29, 0.717) is 49.9 Å². The van der Waals surface area contributed by atoms with Crippen LogP contribution in [0.3, 0.4) is 0 Å². The van der Waals surface area contributed by atoms with Gasteiger partial charge in [0.2, 0.25) is 5.91 Å². The van der Waals surface area contributed by atoms with Crippen molar-refractivity contribution in [2.45, 2.75) is 31.7 Å². The molecule has 3 N–H and O–H groups in total. The van der Waals surface area contributed by atoms with Crippen LogP contribution in [0.4, 0.5) is 5.82 Å². The Bertz CT molecular complexity index is 1140. The number of aromatic nitrogens is 5. The first-order chi connectivity index (χ1) is 14.6. The van der Waals surface area contributed by atoms with Gasteiger partial charge in [0.25, 0.3) is 5.56 Å². The molecule has 9 heteroatoms. The Morgan fingerprint density at radius 3 is 2.90 bits per heavy atom. The van der Waals surface area contributed by atoms with Gasteiger partial charge in [-0.25, -0.2) is 9.97 Å². The molecule has 2 atom stereocenters. The number of aryl methyl sites for hydroxylation is 1. The van der Waals surface area contributed by atoms with Gasteiger partial charge in [-0.1, -0.05) is 0 Å². The Balaban J connectivity index is 1.39. The number of nitrogens with zero attached hydrogens (tertiary/aromatic N) is 5. The molecule has 1 fully saturated rings. The number of carbonyl (C=O) groups is 1. The van der Waals surface area contributed by atoms with Gasteiger partial charge >= 0.3 is 0 Å². The summed E-state index contributed by atoms with van der Waals surface area (Å²) in [4.78, 5) is 35.8. The van der Waals surface area contributed by atoms with E-state index in [1.165, 1.54) is 6.33 Å². The molecule has 0 spiro atoms. The quantitative estimate of drug-likeness (QED) is 0.672. The van der Waals surface area contributed by atoms with Crippen molar-refractivity contribution in [3.05, 3.63) is 58.5 Å². The number of nitrogens with two attached hydrogens (primary N) is 1. The number of anilines is 1. The molecular weight excluding hydrogens is 382 g/mol. The lowest BCUT2D eigenvalue weighted by atomic mass is 9.82. The third kappa shape index (κ3) is 3.47. The summed E-state index contributed by atoms with van der Waals surface area (Å²) in [6.07, 6.45) is 7.10. The van der Waals surface area contributed by atoms with E-state index in [-0.39, 0.29) is 17.4 Å².